The smallest absolute Gasteiger partial charge is 0.416 e. The van der Waals surface area contributed by atoms with E-state index in [0.29, 0.717) is 23.8 Å². The number of carbonyl (C=O) groups excluding carboxylic acids is 2. The van der Waals surface area contributed by atoms with E-state index < -0.39 is 32.6 Å². The third-order valence-corrected chi connectivity index (χ3v) is 8.55. The lowest BCUT2D eigenvalue weighted by atomic mass is 9.48. The molecule has 0 unspecified atom stereocenters. The van der Waals surface area contributed by atoms with E-state index in [1.807, 2.05) is 0 Å². The summed E-state index contributed by atoms with van der Waals surface area (Å²) in [5.41, 5.74) is -1.46. The Kier molecular flexibility index (Phi) is 6.13. The van der Waals surface area contributed by atoms with E-state index in [2.05, 4.69) is 4.72 Å². The molecular formula is C22H26F3NO5S. The number of ether oxygens (including phenoxy) is 1. The molecule has 4 saturated carbocycles. The predicted octanol–water partition coefficient (Wildman–Crippen LogP) is 3.70. The zero-order chi connectivity index (χ0) is 23.1. The molecular weight excluding hydrogens is 447 g/mol. The average molecular weight is 474 g/mol. The molecule has 1 aromatic carbocycles. The van der Waals surface area contributed by atoms with E-state index in [-0.39, 0.29) is 30.8 Å². The van der Waals surface area contributed by atoms with E-state index in [1.54, 1.807) is 0 Å². The van der Waals surface area contributed by atoms with Crippen molar-refractivity contribution in [2.45, 2.75) is 56.0 Å². The molecule has 0 aromatic heterocycles. The van der Waals surface area contributed by atoms with E-state index in [9.17, 15) is 31.2 Å². The second-order valence-electron chi connectivity index (χ2n) is 9.46. The van der Waals surface area contributed by atoms with Crippen LogP contribution in [-0.4, -0.2) is 33.3 Å². The molecule has 6 nitrogen and oxygen atoms in total. The van der Waals surface area contributed by atoms with Gasteiger partial charge in [-0.1, -0.05) is 6.07 Å². The predicted molar refractivity (Wildman–Crippen MR) is 108 cm³/mol. The van der Waals surface area contributed by atoms with Gasteiger partial charge in [0.25, 0.3) is 0 Å². The number of hydrogen-bond acceptors (Lipinski definition) is 5. The van der Waals surface area contributed by atoms with E-state index in [1.165, 1.54) is 19.3 Å². The fourth-order valence-electron chi connectivity index (χ4n) is 6.03. The van der Waals surface area contributed by atoms with Crippen LogP contribution in [-0.2, 0) is 30.5 Å². The van der Waals surface area contributed by atoms with Gasteiger partial charge in [0.05, 0.1) is 16.9 Å². The molecule has 1 N–H and O–H groups in total. The van der Waals surface area contributed by atoms with Crippen molar-refractivity contribution in [3.05, 3.63) is 29.8 Å². The number of ketones is 1. The number of benzene rings is 1. The first-order valence-corrected chi connectivity index (χ1v) is 12.3. The van der Waals surface area contributed by atoms with Gasteiger partial charge in [-0.25, -0.2) is 13.1 Å². The SMILES string of the molecule is O=C(CCNS(=O)(=O)c1cccc(C(F)(F)F)c1)OCC(=O)C12CC3CC(CC(C3)C1)C2. The molecule has 4 aliphatic carbocycles. The van der Waals surface area contributed by atoms with Gasteiger partial charge < -0.3 is 4.74 Å². The van der Waals surface area contributed by atoms with Crippen molar-refractivity contribution in [1.82, 2.24) is 4.72 Å². The maximum Gasteiger partial charge on any atom is 0.416 e. The normalized spacial score (nSPS) is 29.2. The largest absolute Gasteiger partial charge is 0.458 e. The van der Waals surface area contributed by atoms with Crippen molar-refractivity contribution < 1.29 is 35.9 Å². The van der Waals surface area contributed by atoms with Crippen LogP contribution in [0.3, 0.4) is 0 Å². The Morgan fingerprint density at radius 2 is 1.66 bits per heavy atom. The lowest BCUT2D eigenvalue weighted by molar-refractivity contribution is -0.157. The number of nitrogens with one attached hydrogen (secondary N) is 1. The summed E-state index contributed by atoms with van der Waals surface area (Å²) in [6.45, 7) is -0.658. The molecule has 10 heteroatoms. The standard InChI is InChI=1S/C22H26F3NO5S/c23-22(24,25)17-2-1-3-18(9-17)32(29,30)26-5-4-20(28)31-13-19(27)21-10-14-6-15(11-21)8-16(7-14)12-21/h1-3,9,14-16,26H,4-8,10-13H2. The molecule has 0 heterocycles. The maximum absolute atomic E-state index is 12.9. The quantitative estimate of drug-likeness (QED) is 0.582. The molecule has 4 bridgehead atoms. The Morgan fingerprint density at radius 3 is 2.22 bits per heavy atom. The minimum atomic E-state index is -4.67. The first-order valence-electron chi connectivity index (χ1n) is 10.8. The second kappa shape index (κ2) is 8.44. The second-order valence-corrected chi connectivity index (χ2v) is 11.2. The van der Waals surface area contributed by atoms with Crippen molar-refractivity contribution in [2.24, 2.45) is 23.2 Å². The van der Waals surface area contributed by atoms with Crippen molar-refractivity contribution in [3.8, 4) is 0 Å². The Morgan fingerprint density at radius 1 is 1.06 bits per heavy atom. The van der Waals surface area contributed by atoms with Crippen LogP contribution in [0.4, 0.5) is 13.2 Å². The molecule has 0 radical (unpaired) electrons. The van der Waals surface area contributed by atoms with Crippen LogP contribution >= 0.6 is 0 Å². The summed E-state index contributed by atoms with van der Waals surface area (Å²) >= 11 is 0. The van der Waals surface area contributed by atoms with Gasteiger partial charge in [-0.15, -0.1) is 0 Å². The van der Waals surface area contributed by atoms with Crippen molar-refractivity contribution in [1.29, 1.82) is 0 Å². The van der Waals surface area contributed by atoms with Crippen LogP contribution in [0.15, 0.2) is 29.2 Å². The molecule has 0 amide bonds. The third kappa shape index (κ3) is 4.85. The summed E-state index contributed by atoms with van der Waals surface area (Å²) in [5, 5.41) is 0. The Labute approximate surface area is 184 Å². The highest BCUT2D eigenvalue weighted by Gasteiger charge is 2.54. The molecule has 5 rings (SSSR count). The molecule has 32 heavy (non-hydrogen) atoms. The Bertz CT molecular complexity index is 970. The summed E-state index contributed by atoms with van der Waals surface area (Å²) < 4.78 is 70.1. The Balaban J connectivity index is 1.25. The van der Waals surface area contributed by atoms with Gasteiger partial charge >= 0.3 is 12.1 Å². The molecule has 0 saturated heterocycles. The van der Waals surface area contributed by atoms with Crippen LogP contribution in [0, 0.1) is 23.2 Å². The van der Waals surface area contributed by atoms with Gasteiger partial charge in [-0.05, 0) is 74.5 Å². The number of hydrogen-bond donors (Lipinski definition) is 1. The average Bonchev–Trinajstić information content (AvgIpc) is 2.70. The molecule has 4 fully saturated rings. The number of carbonyl (C=O) groups is 2. The molecule has 1 aromatic rings. The number of sulfonamides is 1. The third-order valence-electron chi connectivity index (χ3n) is 7.09. The van der Waals surface area contributed by atoms with E-state index in [0.717, 1.165) is 37.5 Å². The molecule has 0 spiro atoms. The van der Waals surface area contributed by atoms with Crippen molar-refractivity contribution in [3.63, 3.8) is 0 Å². The fraction of sp³-hybridized carbons (Fsp3) is 0.636. The maximum atomic E-state index is 12.9. The minimum absolute atomic E-state index is 0.0468. The summed E-state index contributed by atoms with van der Waals surface area (Å²) in [6.07, 6.45) is 1.18. The molecule has 0 aliphatic heterocycles. The van der Waals surface area contributed by atoms with Crippen molar-refractivity contribution >= 4 is 21.8 Å². The van der Waals surface area contributed by atoms with Crippen LogP contribution in [0.1, 0.15) is 50.5 Å². The summed E-state index contributed by atoms with van der Waals surface area (Å²) in [4.78, 5) is 24.3. The van der Waals surface area contributed by atoms with Crippen LogP contribution in [0.5, 0.6) is 0 Å². The molecule has 176 valence electrons. The molecule has 0 atom stereocenters. The van der Waals surface area contributed by atoms with Crippen molar-refractivity contribution in [2.75, 3.05) is 13.2 Å². The molecule has 4 aliphatic rings. The van der Waals surface area contributed by atoms with Gasteiger partial charge in [0, 0.05) is 12.0 Å². The van der Waals surface area contributed by atoms with E-state index >= 15 is 0 Å². The number of alkyl halides is 3. The zero-order valence-corrected chi connectivity index (χ0v) is 18.3. The van der Waals surface area contributed by atoms with Gasteiger partial charge in [0.15, 0.2) is 12.4 Å². The van der Waals surface area contributed by atoms with Gasteiger partial charge in [0.2, 0.25) is 10.0 Å². The summed E-state index contributed by atoms with van der Waals surface area (Å²) in [5.74, 6) is 0.993. The van der Waals surface area contributed by atoms with Gasteiger partial charge in [0.1, 0.15) is 0 Å². The monoisotopic (exact) mass is 473 g/mol. The highest BCUT2D eigenvalue weighted by Crippen LogP contribution is 2.60. The first-order chi connectivity index (χ1) is 15.0. The van der Waals surface area contributed by atoms with E-state index in [4.69, 9.17) is 4.74 Å². The first kappa shape index (κ1) is 23.2. The summed E-state index contributed by atoms with van der Waals surface area (Å²) in [7, 11) is -4.23. The number of rotatable bonds is 8. The fourth-order valence-corrected chi connectivity index (χ4v) is 7.11. The van der Waals surface area contributed by atoms with Gasteiger partial charge in [-0.2, -0.15) is 13.2 Å². The number of esters is 1. The highest BCUT2D eigenvalue weighted by atomic mass is 32.2. The number of Topliss-reactive ketones (excluding diaryl/α,β-unsaturated/α-hetero) is 1. The van der Waals surface area contributed by atoms with Crippen LogP contribution < -0.4 is 4.72 Å². The minimum Gasteiger partial charge on any atom is -0.458 e. The summed E-state index contributed by atoms with van der Waals surface area (Å²) in [6, 6.07) is 3.35. The van der Waals surface area contributed by atoms with Crippen LogP contribution in [0.2, 0.25) is 0 Å². The topological polar surface area (TPSA) is 89.5 Å². The lowest BCUT2D eigenvalue weighted by Crippen LogP contribution is -2.51. The number of halogens is 3. The lowest BCUT2D eigenvalue weighted by Gasteiger charge is -2.55. The van der Waals surface area contributed by atoms with Gasteiger partial charge in [-0.3, -0.25) is 9.59 Å². The highest BCUT2D eigenvalue weighted by molar-refractivity contribution is 7.89. The Hall–Kier alpha value is -1.94. The zero-order valence-electron chi connectivity index (χ0n) is 17.5. The van der Waals surface area contributed by atoms with Crippen LogP contribution in [0.25, 0.3) is 0 Å².